The van der Waals surface area contributed by atoms with Gasteiger partial charge in [-0.2, -0.15) is 0 Å². The molecule has 0 heterocycles. The van der Waals surface area contributed by atoms with Gasteiger partial charge in [-0.05, 0) is 37.5 Å². The van der Waals surface area contributed by atoms with Gasteiger partial charge in [0.25, 0.3) is 0 Å². The van der Waals surface area contributed by atoms with E-state index in [4.69, 9.17) is 23.2 Å². The van der Waals surface area contributed by atoms with Gasteiger partial charge in [0.1, 0.15) is 4.33 Å². The molecule has 0 saturated heterocycles. The van der Waals surface area contributed by atoms with E-state index in [2.05, 4.69) is 12.2 Å². The van der Waals surface area contributed by atoms with Crippen molar-refractivity contribution in [1.29, 1.82) is 0 Å². The third-order valence-electron chi connectivity index (χ3n) is 2.82. The van der Waals surface area contributed by atoms with Gasteiger partial charge in [0.05, 0.1) is 0 Å². The first-order valence-corrected chi connectivity index (χ1v) is 5.01. The summed E-state index contributed by atoms with van der Waals surface area (Å²) < 4.78 is -0.369. The molecular formula is C9H12Cl2. The molecule has 0 amide bonds. The number of allylic oxidation sites excluding steroid dienone is 2. The largest absolute Gasteiger partial charge is 0.124 e. The van der Waals surface area contributed by atoms with Crippen LogP contribution in [0.3, 0.4) is 0 Å². The maximum absolute atomic E-state index is 6.10. The highest BCUT2D eigenvalue weighted by molar-refractivity contribution is 6.51. The van der Waals surface area contributed by atoms with Crippen molar-refractivity contribution in [3.63, 3.8) is 0 Å². The van der Waals surface area contributed by atoms with Crippen LogP contribution in [-0.2, 0) is 0 Å². The average Bonchev–Trinajstić information content (AvgIpc) is 2.29. The van der Waals surface area contributed by atoms with Crippen LogP contribution >= 0.6 is 23.2 Å². The molecule has 0 radical (unpaired) electrons. The van der Waals surface area contributed by atoms with Crippen molar-refractivity contribution in [2.24, 2.45) is 11.8 Å². The van der Waals surface area contributed by atoms with Gasteiger partial charge >= 0.3 is 0 Å². The molecule has 2 aliphatic carbocycles. The summed E-state index contributed by atoms with van der Waals surface area (Å²) in [5.74, 6) is 1.16. The molecule has 1 fully saturated rings. The second-order valence-corrected chi connectivity index (χ2v) is 4.96. The molecule has 2 aliphatic rings. The van der Waals surface area contributed by atoms with E-state index < -0.39 is 0 Å². The van der Waals surface area contributed by atoms with Gasteiger partial charge in [0.15, 0.2) is 0 Å². The molecule has 0 unspecified atom stereocenters. The molecule has 0 bridgehead atoms. The van der Waals surface area contributed by atoms with E-state index in [-0.39, 0.29) is 4.33 Å². The Labute approximate surface area is 77.6 Å². The summed E-state index contributed by atoms with van der Waals surface area (Å²) in [4.78, 5) is 0. The Bertz CT molecular complexity index is 166. The lowest BCUT2D eigenvalue weighted by Crippen LogP contribution is -1.89. The molecule has 2 rings (SSSR count). The van der Waals surface area contributed by atoms with Gasteiger partial charge in [-0.15, -0.1) is 23.2 Å². The van der Waals surface area contributed by atoms with Crippen molar-refractivity contribution in [2.45, 2.75) is 30.0 Å². The van der Waals surface area contributed by atoms with Crippen LogP contribution in [0, 0.1) is 11.8 Å². The molecule has 11 heavy (non-hydrogen) atoms. The average molecular weight is 191 g/mol. The minimum Gasteiger partial charge on any atom is -0.101 e. The van der Waals surface area contributed by atoms with Gasteiger partial charge in [-0.1, -0.05) is 12.2 Å². The molecule has 0 aromatic heterocycles. The lowest BCUT2D eigenvalue weighted by atomic mass is 10.1. The Hall–Kier alpha value is 0.320. The summed E-state index contributed by atoms with van der Waals surface area (Å²) in [5, 5.41) is 0. The molecule has 0 spiro atoms. The van der Waals surface area contributed by atoms with E-state index in [1.807, 2.05) is 0 Å². The van der Waals surface area contributed by atoms with Gasteiger partial charge in [-0.25, -0.2) is 0 Å². The molecule has 0 nitrogen and oxygen atoms in total. The zero-order chi connectivity index (χ0) is 7.90. The van der Waals surface area contributed by atoms with Crippen LogP contribution in [0.15, 0.2) is 12.2 Å². The third-order valence-corrected chi connectivity index (χ3v) is 3.94. The smallest absolute Gasteiger partial charge is 0.101 e. The fraction of sp³-hybridized carbons (Fsp3) is 0.778. The minimum atomic E-state index is -0.369. The minimum absolute atomic E-state index is 0.369. The first-order chi connectivity index (χ1) is 5.23. The number of fused-ring (bicyclic) bond motifs is 1. The monoisotopic (exact) mass is 190 g/mol. The molecular weight excluding hydrogens is 179 g/mol. The maximum atomic E-state index is 6.10. The van der Waals surface area contributed by atoms with Crippen molar-refractivity contribution in [2.75, 3.05) is 0 Å². The predicted molar refractivity (Wildman–Crippen MR) is 49.0 cm³/mol. The number of hydrogen-bond donors (Lipinski definition) is 0. The highest BCUT2D eigenvalue weighted by Gasteiger charge is 2.61. The highest BCUT2D eigenvalue weighted by atomic mass is 35.5. The van der Waals surface area contributed by atoms with E-state index in [9.17, 15) is 0 Å². The predicted octanol–water partition coefficient (Wildman–Crippen LogP) is 3.54. The Morgan fingerprint density at radius 3 is 1.91 bits per heavy atom. The van der Waals surface area contributed by atoms with E-state index >= 15 is 0 Å². The zero-order valence-electron chi connectivity index (χ0n) is 6.39. The summed E-state index contributed by atoms with van der Waals surface area (Å²) in [6.45, 7) is 0. The molecule has 1 saturated carbocycles. The van der Waals surface area contributed by atoms with E-state index in [0.717, 1.165) is 12.8 Å². The Kier molecular flexibility index (Phi) is 1.93. The molecule has 2 atom stereocenters. The van der Waals surface area contributed by atoms with Crippen molar-refractivity contribution in [1.82, 2.24) is 0 Å². The summed E-state index contributed by atoms with van der Waals surface area (Å²) in [6.07, 6.45) is 9.16. The van der Waals surface area contributed by atoms with Crippen molar-refractivity contribution < 1.29 is 0 Å². The summed E-state index contributed by atoms with van der Waals surface area (Å²) >= 11 is 12.2. The number of hydrogen-bond acceptors (Lipinski definition) is 0. The second kappa shape index (κ2) is 2.67. The lowest BCUT2D eigenvalue weighted by Gasteiger charge is -1.98. The Morgan fingerprint density at radius 1 is 1.00 bits per heavy atom. The van der Waals surface area contributed by atoms with Crippen LogP contribution in [-0.4, -0.2) is 4.33 Å². The third kappa shape index (κ3) is 1.31. The summed E-state index contributed by atoms with van der Waals surface area (Å²) in [6, 6.07) is 0. The standard InChI is InChI=1S/C9H12Cl2/c10-9(11)7-5-3-1-2-4-6-8(7)9/h1-2,7-8H,3-6H2/b2-1-/t7-,8+. The van der Waals surface area contributed by atoms with Crippen LogP contribution < -0.4 is 0 Å². The normalized spacial score (nSPS) is 43.5. The molecule has 2 heteroatoms. The summed E-state index contributed by atoms with van der Waals surface area (Å²) in [7, 11) is 0. The Morgan fingerprint density at radius 2 is 1.45 bits per heavy atom. The van der Waals surface area contributed by atoms with Crippen LogP contribution in [0.2, 0.25) is 0 Å². The molecule has 0 aromatic carbocycles. The molecule has 0 aromatic rings. The van der Waals surface area contributed by atoms with Gasteiger partial charge < -0.3 is 0 Å². The molecule has 62 valence electrons. The molecule has 0 aliphatic heterocycles. The SMILES string of the molecule is ClC1(Cl)[C@@H]2CC/C=C\CC[C@@H]21. The van der Waals surface area contributed by atoms with E-state index in [0.29, 0.717) is 11.8 Å². The van der Waals surface area contributed by atoms with E-state index in [1.165, 1.54) is 12.8 Å². The lowest BCUT2D eigenvalue weighted by molar-refractivity contribution is 0.605. The first kappa shape index (κ1) is 7.94. The van der Waals surface area contributed by atoms with Crippen molar-refractivity contribution in [3.05, 3.63) is 12.2 Å². The van der Waals surface area contributed by atoms with Crippen molar-refractivity contribution >= 4 is 23.2 Å². The fourth-order valence-corrected chi connectivity index (χ4v) is 2.95. The van der Waals surface area contributed by atoms with Crippen molar-refractivity contribution in [3.8, 4) is 0 Å². The quantitative estimate of drug-likeness (QED) is 0.405. The Balaban J connectivity index is 2.02. The van der Waals surface area contributed by atoms with Gasteiger partial charge in [0, 0.05) is 0 Å². The van der Waals surface area contributed by atoms with Gasteiger partial charge in [-0.3, -0.25) is 0 Å². The highest BCUT2D eigenvalue weighted by Crippen LogP contribution is 2.63. The van der Waals surface area contributed by atoms with Crippen LogP contribution in [0.1, 0.15) is 25.7 Å². The zero-order valence-corrected chi connectivity index (χ0v) is 7.91. The molecule has 0 N–H and O–H groups in total. The topological polar surface area (TPSA) is 0 Å². The van der Waals surface area contributed by atoms with Crippen LogP contribution in [0.25, 0.3) is 0 Å². The maximum Gasteiger partial charge on any atom is 0.124 e. The number of alkyl halides is 2. The van der Waals surface area contributed by atoms with Crippen LogP contribution in [0.4, 0.5) is 0 Å². The van der Waals surface area contributed by atoms with Gasteiger partial charge in [0.2, 0.25) is 0 Å². The number of rotatable bonds is 0. The number of halogens is 2. The van der Waals surface area contributed by atoms with Crippen LogP contribution in [0.5, 0.6) is 0 Å². The summed E-state index contributed by atoms with van der Waals surface area (Å²) in [5.41, 5.74) is 0. The second-order valence-electron chi connectivity index (χ2n) is 3.51. The van der Waals surface area contributed by atoms with E-state index in [1.54, 1.807) is 0 Å². The first-order valence-electron chi connectivity index (χ1n) is 4.25. The fourth-order valence-electron chi connectivity index (χ4n) is 2.04.